The maximum atomic E-state index is 14.0. The Kier molecular flexibility index (Phi) is 5.31. The second kappa shape index (κ2) is 6.98. The third kappa shape index (κ3) is 3.53. The van der Waals surface area contributed by atoms with E-state index >= 15 is 0 Å². The largest absolute Gasteiger partial charge is 0.374 e. The minimum absolute atomic E-state index is 0.106. The Labute approximate surface area is 114 Å². The molecule has 19 heavy (non-hydrogen) atoms. The minimum Gasteiger partial charge on any atom is -0.374 e. The van der Waals surface area contributed by atoms with E-state index in [1.165, 1.54) is 0 Å². The molecule has 1 fully saturated rings. The quantitative estimate of drug-likeness (QED) is 0.884. The van der Waals surface area contributed by atoms with Crippen LogP contribution in [0, 0.1) is 5.82 Å². The van der Waals surface area contributed by atoms with E-state index in [1.54, 1.807) is 12.1 Å². The molecule has 0 bridgehead atoms. The highest BCUT2D eigenvalue weighted by Gasteiger charge is 2.27. The predicted molar refractivity (Wildman–Crippen MR) is 74.7 cm³/mol. The Hall–Kier alpha value is -0.970. The highest BCUT2D eigenvalue weighted by molar-refractivity contribution is 5.21. The molecule has 4 heteroatoms. The fraction of sp³-hybridized carbons (Fsp3) is 0.600. The van der Waals surface area contributed by atoms with Gasteiger partial charge in [-0.2, -0.15) is 0 Å². The molecular weight excluding hydrogens is 243 g/mol. The zero-order valence-corrected chi connectivity index (χ0v) is 11.7. The van der Waals surface area contributed by atoms with Crippen molar-refractivity contribution >= 4 is 0 Å². The van der Waals surface area contributed by atoms with E-state index in [0.717, 1.165) is 38.2 Å². The summed E-state index contributed by atoms with van der Waals surface area (Å²) in [5.41, 5.74) is 0.801. The van der Waals surface area contributed by atoms with E-state index < -0.39 is 0 Å². The summed E-state index contributed by atoms with van der Waals surface area (Å²) in [6.07, 6.45) is 1.10. The van der Waals surface area contributed by atoms with E-state index in [2.05, 4.69) is 17.1 Å². The van der Waals surface area contributed by atoms with Gasteiger partial charge in [-0.25, -0.2) is 4.39 Å². The standard InChI is InChI=1S/C15H23FN2O/c1-3-15(13-6-4-5-7-14(13)16)18-8-9-19-12(11-18)10-17-2/h4-7,12,15,17H,3,8-11H2,1-2H3. The molecule has 0 aliphatic carbocycles. The van der Waals surface area contributed by atoms with Crippen molar-refractivity contribution in [2.45, 2.75) is 25.5 Å². The molecule has 1 aromatic carbocycles. The van der Waals surface area contributed by atoms with Crippen LogP contribution in [0.1, 0.15) is 24.9 Å². The van der Waals surface area contributed by atoms with Gasteiger partial charge in [0, 0.05) is 31.2 Å². The lowest BCUT2D eigenvalue weighted by atomic mass is 10.0. The minimum atomic E-state index is -0.106. The van der Waals surface area contributed by atoms with E-state index in [1.807, 2.05) is 19.2 Å². The average Bonchev–Trinajstić information content (AvgIpc) is 2.43. The third-order valence-corrected chi connectivity index (χ3v) is 3.69. The molecule has 1 aliphatic heterocycles. The fourth-order valence-corrected chi connectivity index (χ4v) is 2.80. The van der Waals surface area contributed by atoms with Crippen LogP contribution >= 0.6 is 0 Å². The van der Waals surface area contributed by atoms with Crippen LogP contribution in [0.3, 0.4) is 0 Å². The highest BCUT2D eigenvalue weighted by atomic mass is 19.1. The van der Waals surface area contributed by atoms with Gasteiger partial charge in [0.15, 0.2) is 0 Å². The molecule has 0 amide bonds. The number of rotatable bonds is 5. The molecule has 106 valence electrons. The summed E-state index contributed by atoms with van der Waals surface area (Å²) >= 11 is 0. The molecule has 2 rings (SSSR count). The van der Waals surface area contributed by atoms with Gasteiger partial charge in [0.25, 0.3) is 0 Å². The maximum Gasteiger partial charge on any atom is 0.127 e. The first kappa shape index (κ1) is 14.4. The number of ether oxygens (including phenoxy) is 1. The summed E-state index contributed by atoms with van der Waals surface area (Å²) in [6.45, 7) is 5.39. The predicted octanol–water partition coefficient (Wildman–Crippen LogP) is 2.20. The molecule has 3 nitrogen and oxygen atoms in total. The van der Waals surface area contributed by atoms with Crippen LogP contribution in [0.5, 0.6) is 0 Å². The van der Waals surface area contributed by atoms with Crippen LogP contribution in [0.25, 0.3) is 0 Å². The van der Waals surface area contributed by atoms with Crippen molar-refractivity contribution < 1.29 is 9.13 Å². The van der Waals surface area contributed by atoms with Gasteiger partial charge in [-0.05, 0) is 19.5 Å². The number of hydrogen-bond acceptors (Lipinski definition) is 3. The van der Waals surface area contributed by atoms with Gasteiger partial charge in [-0.3, -0.25) is 4.90 Å². The number of morpholine rings is 1. The summed E-state index contributed by atoms with van der Waals surface area (Å²) in [4.78, 5) is 2.34. The van der Waals surface area contributed by atoms with Crippen molar-refractivity contribution in [3.05, 3.63) is 35.6 Å². The third-order valence-electron chi connectivity index (χ3n) is 3.69. The van der Waals surface area contributed by atoms with Crippen LogP contribution in [0.15, 0.2) is 24.3 Å². The zero-order valence-electron chi connectivity index (χ0n) is 11.7. The molecule has 1 N–H and O–H groups in total. The number of halogens is 1. The van der Waals surface area contributed by atoms with Crippen LogP contribution in [-0.4, -0.2) is 44.3 Å². The van der Waals surface area contributed by atoms with Gasteiger partial charge in [0.1, 0.15) is 5.82 Å². The smallest absolute Gasteiger partial charge is 0.127 e. The van der Waals surface area contributed by atoms with Gasteiger partial charge in [-0.1, -0.05) is 25.1 Å². The maximum absolute atomic E-state index is 14.0. The first-order valence-electron chi connectivity index (χ1n) is 7.01. The second-order valence-electron chi connectivity index (χ2n) is 4.99. The van der Waals surface area contributed by atoms with Crippen molar-refractivity contribution in [2.75, 3.05) is 33.3 Å². The molecule has 0 radical (unpaired) electrons. The molecule has 2 atom stereocenters. The molecule has 0 spiro atoms. The van der Waals surface area contributed by atoms with Crippen molar-refractivity contribution in [1.29, 1.82) is 0 Å². The number of likely N-dealkylation sites (N-methyl/N-ethyl adjacent to an activating group) is 1. The van der Waals surface area contributed by atoms with Crippen LogP contribution in [-0.2, 0) is 4.74 Å². The summed E-state index contributed by atoms with van der Waals surface area (Å²) < 4.78 is 19.7. The number of nitrogens with one attached hydrogen (secondary N) is 1. The van der Waals surface area contributed by atoms with Gasteiger partial charge in [0.05, 0.1) is 12.7 Å². The molecule has 1 aromatic rings. The van der Waals surface area contributed by atoms with E-state index in [-0.39, 0.29) is 18.0 Å². The van der Waals surface area contributed by atoms with Gasteiger partial charge in [0.2, 0.25) is 0 Å². The molecule has 1 saturated heterocycles. The van der Waals surface area contributed by atoms with Gasteiger partial charge >= 0.3 is 0 Å². The first-order chi connectivity index (χ1) is 9.26. The lowest BCUT2D eigenvalue weighted by molar-refractivity contribution is -0.0428. The van der Waals surface area contributed by atoms with Gasteiger partial charge < -0.3 is 10.1 Å². The van der Waals surface area contributed by atoms with Crippen LogP contribution < -0.4 is 5.32 Å². The summed E-state index contributed by atoms with van der Waals surface area (Å²) in [7, 11) is 1.93. The lowest BCUT2D eigenvalue weighted by Crippen LogP contribution is -2.47. The molecule has 2 unspecified atom stereocenters. The molecule has 1 aliphatic rings. The van der Waals surface area contributed by atoms with E-state index in [0.29, 0.717) is 0 Å². The topological polar surface area (TPSA) is 24.5 Å². The van der Waals surface area contributed by atoms with E-state index in [9.17, 15) is 4.39 Å². The van der Waals surface area contributed by atoms with Crippen molar-refractivity contribution in [3.8, 4) is 0 Å². The SMILES string of the molecule is CCC(c1ccccc1F)N1CCOC(CNC)C1. The lowest BCUT2D eigenvalue weighted by Gasteiger charge is -2.38. The Balaban J connectivity index is 2.11. The Morgan fingerprint density at radius 2 is 2.26 bits per heavy atom. The Bertz CT molecular complexity index is 397. The first-order valence-corrected chi connectivity index (χ1v) is 7.01. The molecule has 0 aromatic heterocycles. The monoisotopic (exact) mass is 266 g/mol. The molecule has 0 saturated carbocycles. The Morgan fingerprint density at radius 1 is 1.47 bits per heavy atom. The van der Waals surface area contributed by atoms with Crippen molar-refractivity contribution in [1.82, 2.24) is 10.2 Å². The van der Waals surface area contributed by atoms with Crippen LogP contribution in [0.4, 0.5) is 4.39 Å². The number of hydrogen-bond donors (Lipinski definition) is 1. The van der Waals surface area contributed by atoms with Crippen molar-refractivity contribution in [2.24, 2.45) is 0 Å². The summed E-state index contributed by atoms with van der Waals surface area (Å²) in [6, 6.07) is 7.24. The highest BCUT2D eigenvalue weighted by Crippen LogP contribution is 2.27. The molecule has 1 heterocycles. The Morgan fingerprint density at radius 3 is 2.95 bits per heavy atom. The average molecular weight is 266 g/mol. The number of benzene rings is 1. The normalized spacial score (nSPS) is 22.4. The van der Waals surface area contributed by atoms with Crippen molar-refractivity contribution in [3.63, 3.8) is 0 Å². The van der Waals surface area contributed by atoms with E-state index in [4.69, 9.17) is 4.74 Å². The van der Waals surface area contributed by atoms with Gasteiger partial charge in [-0.15, -0.1) is 0 Å². The summed E-state index contributed by atoms with van der Waals surface area (Å²) in [5.74, 6) is -0.106. The van der Waals surface area contributed by atoms with Crippen LogP contribution in [0.2, 0.25) is 0 Å². The molecular formula is C15H23FN2O. The number of nitrogens with zero attached hydrogens (tertiary/aromatic N) is 1. The summed E-state index contributed by atoms with van der Waals surface area (Å²) in [5, 5.41) is 3.14. The zero-order chi connectivity index (χ0) is 13.7. The fourth-order valence-electron chi connectivity index (χ4n) is 2.80. The second-order valence-corrected chi connectivity index (χ2v) is 4.99.